The number of carboxylic acid groups (broad SMARTS) is 1. The van der Waals surface area contributed by atoms with E-state index in [0.717, 1.165) is 4.90 Å². The first-order valence-electron chi connectivity index (χ1n) is 7.16. The van der Waals surface area contributed by atoms with Crippen molar-refractivity contribution >= 4 is 18.0 Å². The molecule has 0 aromatic carbocycles. The van der Waals surface area contributed by atoms with Gasteiger partial charge in [-0.05, 0) is 34.9 Å². The number of hydrogen-bond donors (Lipinski definition) is 2. The highest BCUT2D eigenvalue weighted by Gasteiger charge is 2.42. The lowest BCUT2D eigenvalue weighted by Crippen LogP contribution is -2.44. The number of carboxylic acids is 1. The van der Waals surface area contributed by atoms with Crippen LogP contribution in [0.2, 0.25) is 0 Å². The smallest absolute Gasteiger partial charge is 0.411 e. The van der Waals surface area contributed by atoms with Gasteiger partial charge in [0.2, 0.25) is 5.91 Å². The van der Waals surface area contributed by atoms with Crippen molar-refractivity contribution in [1.82, 2.24) is 15.1 Å². The Kier molecular flexibility index (Phi) is 5.76. The normalized spacial score (nSPS) is 21.8. The average molecular weight is 315 g/mol. The van der Waals surface area contributed by atoms with Gasteiger partial charge in [0.1, 0.15) is 11.6 Å². The van der Waals surface area contributed by atoms with Gasteiger partial charge in [-0.2, -0.15) is 0 Å². The lowest BCUT2D eigenvalue weighted by molar-refractivity contribution is -0.142. The van der Waals surface area contributed by atoms with Gasteiger partial charge in [0.25, 0.3) is 0 Å². The number of ether oxygens (including phenoxy) is 1. The van der Waals surface area contributed by atoms with E-state index in [2.05, 4.69) is 5.32 Å². The van der Waals surface area contributed by atoms with Crippen LogP contribution in [0.15, 0.2) is 0 Å². The third-order valence-corrected chi connectivity index (χ3v) is 3.04. The van der Waals surface area contributed by atoms with Crippen molar-refractivity contribution in [3.8, 4) is 0 Å². The second kappa shape index (κ2) is 6.95. The Morgan fingerprint density at radius 3 is 2.36 bits per heavy atom. The van der Waals surface area contributed by atoms with Gasteiger partial charge in [-0.3, -0.25) is 9.69 Å². The maximum absolute atomic E-state index is 12.1. The maximum atomic E-state index is 12.1. The second-order valence-corrected chi connectivity index (χ2v) is 6.72. The Morgan fingerprint density at radius 1 is 1.32 bits per heavy atom. The van der Waals surface area contributed by atoms with Crippen molar-refractivity contribution in [2.24, 2.45) is 0 Å². The van der Waals surface area contributed by atoms with Gasteiger partial charge in [-0.25, -0.2) is 9.59 Å². The van der Waals surface area contributed by atoms with E-state index in [1.165, 1.54) is 0 Å². The van der Waals surface area contributed by atoms with Crippen LogP contribution < -0.4 is 5.32 Å². The first-order valence-corrected chi connectivity index (χ1v) is 7.16. The molecule has 1 rings (SSSR count). The van der Waals surface area contributed by atoms with E-state index in [1.807, 2.05) is 0 Å². The molecule has 1 aliphatic heterocycles. The molecule has 8 heteroatoms. The zero-order valence-corrected chi connectivity index (χ0v) is 13.8. The summed E-state index contributed by atoms with van der Waals surface area (Å²) in [5, 5.41) is 12.0. The van der Waals surface area contributed by atoms with Crippen molar-refractivity contribution in [1.29, 1.82) is 0 Å². The molecule has 22 heavy (non-hydrogen) atoms. The van der Waals surface area contributed by atoms with Crippen molar-refractivity contribution in [2.45, 2.75) is 44.9 Å². The monoisotopic (exact) mass is 315 g/mol. The summed E-state index contributed by atoms with van der Waals surface area (Å²) in [7, 11) is 3.53. The molecule has 0 aromatic heterocycles. The van der Waals surface area contributed by atoms with E-state index in [-0.39, 0.29) is 31.5 Å². The number of aliphatic carboxylic acids is 1. The third-order valence-electron chi connectivity index (χ3n) is 3.04. The minimum atomic E-state index is -1.10. The lowest BCUT2D eigenvalue weighted by Gasteiger charge is -2.26. The molecule has 0 spiro atoms. The largest absolute Gasteiger partial charge is 0.480 e. The summed E-state index contributed by atoms with van der Waals surface area (Å²) >= 11 is 0. The van der Waals surface area contributed by atoms with Gasteiger partial charge in [-0.15, -0.1) is 0 Å². The fourth-order valence-corrected chi connectivity index (χ4v) is 2.26. The van der Waals surface area contributed by atoms with Crippen LogP contribution in [0.25, 0.3) is 0 Å². The van der Waals surface area contributed by atoms with Crippen molar-refractivity contribution in [3.63, 3.8) is 0 Å². The quantitative estimate of drug-likeness (QED) is 0.765. The standard InChI is InChI=1S/C14H25N3O5/c1-14(2,3)22-13(21)17-7-9(6-10(17)12(19)20)15-11(18)8-16(4)5/h9-10H,6-8H2,1-5H3,(H,15,18)(H,19,20)/t9?,10-/m0/s1. The number of nitrogens with zero attached hydrogens (tertiary/aromatic N) is 2. The Balaban J connectivity index is 2.71. The molecule has 1 heterocycles. The van der Waals surface area contributed by atoms with Gasteiger partial charge in [0, 0.05) is 19.0 Å². The van der Waals surface area contributed by atoms with Crippen molar-refractivity contribution < 1.29 is 24.2 Å². The molecule has 8 nitrogen and oxygen atoms in total. The van der Waals surface area contributed by atoms with E-state index in [9.17, 15) is 19.5 Å². The minimum absolute atomic E-state index is 0.130. The predicted octanol–water partition coefficient (Wildman–Crippen LogP) is 0.127. The number of nitrogens with one attached hydrogen (secondary N) is 1. The summed E-state index contributed by atoms with van der Waals surface area (Å²) in [6, 6.07) is -1.37. The number of carbonyl (C=O) groups excluding carboxylic acids is 2. The first kappa shape index (κ1) is 18.2. The van der Waals surface area contributed by atoms with Gasteiger partial charge in [0.15, 0.2) is 0 Å². The summed E-state index contributed by atoms with van der Waals surface area (Å²) < 4.78 is 5.22. The molecule has 0 radical (unpaired) electrons. The summed E-state index contributed by atoms with van der Waals surface area (Å²) in [5.41, 5.74) is -0.702. The molecule has 1 unspecified atom stereocenters. The van der Waals surface area contributed by atoms with Crippen molar-refractivity contribution in [3.05, 3.63) is 0 Å². The molecule has 0 saturated carbocycles. The molecule has 1 fully saturated rings. The number of carbonyl (C=O) groups is 3. The van der Waals surface area contributed by atoms with E-state index in [1.54, 1.807) is 39.8 Å². The van der Waals surface area contributed by atoms with Crippen LogP contribution in [0.5, 0.6) is 0 Å². The molecular weight excluding hydrogens is 290 g/mol. The van der Waals surface area contributed by atoms with Crippen LogP contribution in [-0.4, -0.2) is 77.7 Å². The van der Waals surface area contributed by atoms with E-state index < -0.39 is 23.7 Å². The molecule has 0 aromatic rings. The zero-order valence-electron chi connectivity index (χ0n) is 13.8. The Hall–Kier alpha value is -1.83. The van der Waals surface area contributed by atoms with Crippen molar-refractivity contribution in [2.75, 3.05) is 27.2 Å². The molecule has 2 atom stereocenters. The van der Waals surface area contributed by atoms with E-state index in [4.69, 9.17) is 4.74 Å². The topological polar surface area (TPSA) is 99.2 Å². The summed E-state index contributed by atoms with van der Waals surface area (Å²) in [6.45, 7) is 5.49. The van der Waals surface area contributed by atoms with Gasteiger partial charge in [-0.1, -0.05) is 0 Å². The van der Waals surface area contributed by atoms with Crippen LogP contribution in [0.3, 0.4) is 0 Å². The summed E-state index contributed by atoms with van der Waals surface area (Å²) in [6.07, 6.45) is -0.502. The molecule has 1 saturated heterocycles. The molecule has 0 bridgehead atoms. The number of rotatable bonds is 4. The fourth-order valence-electron chi connectivity index (χ4n) is 2.26. The van der Waals surface area contributed by atoms with Crippen LogP contribution in [0.1, 0.15) is 27.2 Å². The minimum Gasteiger partial charge on any atom is -0.480 e. The van der Waals surface area contributed by atoms with Gasteiger partial charge in [0.05, 0.1) is 6.54 Å². The first-order chi connectivity index (χ1) is 9.99. The van der Waals surface area contributed by atoms with E-state index in [0.29, 0.717) is 0 Å². The Bertz CT molecular complexity index is 444. The van der Waals surface area contributed by atoms with Crippen LogP contribution in [-0.2, 0) is 14.3 Å². The maximum Gasteiger partial charge on any atom is 0.411 e. The second-order valence-electron chi connectivity index (χ2n) is 6.72. The molecule has 2 N–H and O–H groups in total. The summed E-state index contributed by atoms with van der Waals surface area (Å²) in [5.74, 6) is -1.31. The highest BCUT2D eigenvalue weighted by Crippen LogP contribution is 2.21. The van der Waals surface area contributed by atoms with E-state index >= 15 is 0 Å². The molecule has 1 aliphatic rings. The Morgan fingerprint density at radius 2 is 1.91 bits per heavy atom. The zero-order chi connectivity index (χ0) is 17.1. The number of amides is 2. The average Bonchev–Trinajstić information content (AvgIpc) is 2.69. The van der Waals surface area contributed by atoms with Crippen LogP contribution in [0.4, 0.5) is 4.79 Å². The lowest BCUT2D eigenvalue weighted by atomic mass is 10.1. The van der Waals surface area contributed by atoms with Crippen LogP contribution >= 0.6 is 0 Å². The number of likely N-dealkylation sites (tertiary alicyclic amines) is 1. The highest BCUT2D eigenvalue weighted by atomic mass is 16.6. The molecule has 0 aliphatic carbocycles. The van der Waals surface area contributed by atoms with Gasteiger partial charge < -0.3 is 20.1 Å². The number of likely N-dealkylation sites (N-methyl/N-ethyl adjacent to an activating group) is 1. The van der Waals surface area contributed by atoms with Crippen LogP contribution in [0, 0.1) is 0 Å². The third kappa shape index (κ3) is 5.51. The number of hydrogen-bond acceptors (Lipinski definition) is 5. The SMILES string of the molecule is CN(C)CC(=O)NC1C[C@@H](C(=O)O)N(C(=O)OC(C)(C)C)C1. The Labute approximate surface area is 130 Å². The molecule has 2 amide bonds. The highest BCUT2D eigenvalue weighted by molar-refractivity contribution is 5.82. The molecular formula is C14H25N3O5. The molecule has 126 valence electrons. The summed E-state index contributed by atoms with van der Waals surface area (Å²) in [4.78, 5) is 38.1. The van der Waals surface area contributed by atoms with Gasteiger partial charge >= 0.3 is 12.1 Å². The fraction of sp³-hybridized carbons (Fsp3) is 0.786. The predicted molar refractivity (Wildman–Crippen MR) is 79.5 cm³/mol.